The Morgan fingerprint density at radius 1 is 1.29 bits per heavy atom. The minimum absolute atomic E-state index is 0.0963. The van der Waals surface area contributed by atoms with Gasteiger partial charge in [-0.1, -0.05) is 32.3 Å². The molecule has 0 aliphatic heterocycles. The Kier molecular flexibility index (Phi) is 9.91. The zero-order chi connectivity index (χ0) is 12.9. The number of hydrogen-bond acceptors (Lipinski definition) is 2. The van der Waals surface area contributed by atoms with Crippen LogP contribution in [-0.4, -0.2) is 22.2 Å². The van der Waals surface area contributed by atoms with Crippen molar-refractivity contribution in [3.05, 3.63) is 30.6 Å². The molecule has 0 aliphatic rings. The smallest absolute Gasteiger partial charge is 0.404 e. The van der Waals surface area contributed by atoms with Gasteiger partial charge in [-0.15, -0.1) is 0 Å². The van der Waals surface area contributed by atoms with Crippen molar-refractivity contribution in [1.29, 1.82) is 0 Å². The molecule has 1 unspecified atom stereocenters. The summed E-state index contributed by atoms with van der Waals surface area (Å²) in [6.07, 6.45) is 7.00. The molecule has 0 radical (unpaired) electrons. The molecule has 0 saturated carbocycles. The Bertz CT molecular complexity index is 251. The first-order valence-corrected chi connectivity index (χ1v) is 6.01. The van der Waals surface area contributed by atoms with E-state index in [4.69, 9.17) is 5.11 Å². The van der Waals surface area contributed by atoms with Crippen LogP contribution in [0.25, 0.3) is 0 Å². The molecule has 0 saturated heterocycles. The van der Waals surface area contributed by atoms with E-state index in [0.717, 1.165) is 12.8 Å². The standard InChI is InChI=1S/C8H17NO2.C5H5N/c1-3-4-5-6-7(2)9-8(10)11;1-2-4-6-5-3-1/h7,9H,3-6H2,1-2H3,(H,10,11);1-5H. The highest BCUT2D eigenvalue weighted by molar-refractivity contribution is 5.64. The second-order valence-corrected chi connectivity index (χ2v) is 3.87. The second-order valence-electron chi connectivity index (χ2n) is 3.87. The summed E-state index contributed by atoms with van der Waals surface area (Å²) in [5, 5.41) is 10.7. The third-order valence-electron chi connectivity index (χ3n) is 2.18. The van der Waals surface area contributed by atoms with Gasteiger partial charge in [0.1, 0.15) is 0 Å². The van der Waals surface area contributed by atoms with E-state index in [9.17, 15) is 4.79 Å². The van der Waals surface area contributed by atoms with Crippen molar-refractivity contribution in [2.24, 2.45) is 0 Å². The highest BCUT2D eigenvalue weighted by atomic mass is 16.4. The number of unbranched alkanes of at least 4 members (excludes halogenated alkanes) is 2. The van der Waals surface area contributed by atoms with Crippen LogP contribution in [0.15, 0.2) is 30.6 Å². The summed E-state index contributed by atoms with van der Waals surface area (Å²) in [7, 11) is 0. The van der Waals surface area contributed by atoms with Crippen LogP contribution in [0.4, 0.5) is 4.79 Å². The molecular formula is C13H22N2O2. The lowest BCUT2D eigenvalue weighted by Gasteiger charge is -2.09. The summed E-state index contributed by atoms with van der Waals surface area (Å²) >= 11 is 0. The number of amides is 1. The number of nitrogens with zero attached hydrogens (tertiary/aromatic N) is 1. The Labute approximate surface area is 103 Å². The van der Waals surface area contributed by atoms with Crippen LogP contribution >= 0.6 is 0 Å². The van der Waals surface area contributed by atoms with Crippen molar-refractivity contribution in [2.45, 2.75) is 45.6 Å². The number of pyridine rings is 1. The molecular weight excluding hydrogens is 216 g/mol. The predicted molar refractivity (Wildman–Crippen MR) is 69.0 cm³/mol. The highest BCUT2D eigenvalue weighted by Crippen LogP contribution is 2.02. The molecule has 1 heterocycles. The Morgan fingerprint density at radius 3 is 2.29 bits per heavy atom. The lowest BCUT2D eigenvalue weighted by molar-refractivity contribution is 0.190. The minimum atomic E-state index is -0.922. The molecule has 0 aromatic carbocycles. The first-order chi connectivity index (χ1) is 8.16. The molecule has 4 nitrogen and oxygen atoms in total. The zero-order valence-electron chi connectivity index (χ0n) is 10.6. The monoisotopic (exact) mass is 238 g/mol. The molecule has 1 atom stereocenters. The van der Waals surface area contributed by atoms with Crippen molar-refractivity contribution in [3.63, 3.8) is 0 Å². The number of hydrogen-bond donors (Lipinski definition) is 2. The Morgan fingerprint density at radius 2 is 1.94 bits per heavy atom. The average molecular weight is 238 g/mol. The topological polar surface area (TPSA) is 62.2 Å². The summed E-state index contributed by atoms with van der Waals surface area (Å²) in [4.78, 5) is 13.9. The maximum atomic E-state index is 10.1. The Balaban J connectivity index is 0.000000354. The quantitative estimate of drug-likeness (QED) is 0.774. The molecule has 2 N–H and O–H groups in total. The molecule has 0 bridgehead atoms. The van der Waals surface area contributed by atoms with Crippen LogP contribution in [0.5, 0.6) is 0 Å². The van der Waals surface area contributed by atoms with Gasteiger partial charge in [0.05, 0.1) is 0 Å². The molecule has 0 fully saturated rings. The van der Waals surface area contributed by atoms with Crippen LogP contribution in [-0.2, 0) is 0 Å². The highest BCUT2D eigenvalue weighted by Gasteiger charge is 2.03. The van der Waals surface area contributed by atoms with Gasteiger partial charge in [-0.2, -0.15) is 0 Å². The number of aromatic nitrogens is 1. The summed E-state index contributed by atoms with van der Waals surface area (Å²) in [6.45, 7) is 4.03. The van der Waals surface area contributed by atoms with Crippen molar-refractivity contribution < 1.29 is 9.90 Å². The van der Waals surface area contributed by atoms with Crippen LogP contribution in [0.1, 0.15) is 39.5 Å². The van der Waals surface area contributed by atoms with Gasteiger partial charge in [-0.05, 0) is 25.5 Å². The largest absolute Gasteiger partial charge is 0.465 e. The number of carbonyl (C=O) groups is 1. The zero-order valence-corrected chi connectivity index (χ0v) is 10.6. The van der Waals surface area contributed by atoms with Gasteiger partial charge in [0, 0.05) is 18.4 Å². The number of rotatable bonds is 5. The van der Waals surface area contributed by atoms with Gasteiger partial charge in [0.2, 0.25) is 0 Å². The molecule has 1 rings (SSSR count). The van der Waals surface area contributed by atoms with Gasteiger partial charge in [0.25, 0.3) is 0 Å². The molecule has 96 valence electrons. The summed E-state index contributed by atoms with van der Waals surface area (Å²) in [6, 6.07) is 5.81. The molecule has 1 aromatic rings. The van der Waals surface area contributed by atoms with Crippen LogP contribution in [0, 0.1) is 0 Å². The second kappa shape index (κ2) is 10.9. The van der Waals surface area contributed by atoms with Gasteiger partial charge in [-0.25, -0.2) is 4.79 Å². The number of carboxylic acid groups (broad SMARTS) is 1. The predicted octanol–water partition coefficient (Wildman–Crippen LogP) is 3.30. The van der Waals surface area contributed by atoms with Crippen molar-refractivity contribution in [2.75, 3.05) is 0 Å². The van der Waals surface area contributed by atoms with Gasteiger partial charge >= 0.3 is 6.09 Å². The van der Waals surface area contributed by atoms with Gasteiger partial charge in [0.15, 0.2) is 0 Å². The summed E-state index contributed by atoms with van der Waals surface area (Å²) < 4.78 is 0. The lowest BCUT2D eigenvalue weighted by atomic mass is 10.1. The molecule has 1 aromatic heterocycles. The minimum Gasteiger partial charge on any atom is -0.465 e. The third-order valence-corrected chi connectivity index (χ3v) is 2.18. The summed E-state index contributed by atoms with van der Waals surface area (Å²) in [5.41, 5.74) is 0. The van der Waals surface area contributed by atoms with Crippen molar-refractivity contribution >= 4 is 6.09 Å². The van der Waals surface area contributed by atoms with Crippen LogP contribution < -0.4 is 5.32 Å². The summed E-state index contributed by atoms with van der Waals surface area (Å²) in [5.74, 6) is 0. The van der Waals surface area contributed by atoms with E-state index in [2.05, 4.69) is 17.2 Å². The van der Waals surface area contributed by atoms with E-state index < -0.39 is 6.09 Å². The SMILES string of the molecule is CCCCCC(C)NC(=O)O.c1ccncc1. The molecule has 0 aliphatic carbocycles. The fourth-order valence-electron chi connectivity index (χ4n) is 1.30. The van der Waals surface area contributed by atoms with E-state index in [-0.39, 0.29) is 6.04 Å². The van der Waals surface area contributed by atoms with E-state index in [1.54, 1.807) is 12.4 Å². The average Bonchev–Trinajstić information content (AvgIpc) is 2.31. The van der Waals surface area contributed by atoms with Gasteiger partial charge < -0.3 is 10.4 Å². The van der Waals surface area contributed by atoms with E-state index >= 15 is 0 Å². The fourth-order valence-corrected chi connectivity index (χ4v) is 1.30. The lowest BCUT2D eigenvalue weighted by Crippen LogP contribution is -2.30. The van der Waals surface area contributed by atoms with E-state index in [1.807, 2.05) is 25.1 Å². The first-order valence-electron chi connectivity index (χ1n) is 6.01. The molecule has 17 heavy (non-hydrogen) atoms. The first kappa shape index (κ1) is 15.4. The third kappa shape index (κ3) is 12.4. The number of nitrogens with one attached hydrogen (secondary N) is 1. The Hall–Kier alpha value is -1.58. The van der Waals surface area contributed by atoms with Crippen molar-refractivity contribution in [1.82, 2.24) is 10.3 Å². The molecule has 4 heteroatoms. The molecule has 0 spiro atoms. The van der Waals surface area contributed by atoms with Crippen LogP contribution in [0.3, 0.4) is 0 Å². The fraction of sp³-hybridized carbons (Fsp3) is 0.538. The van der Waals surface area contributed by atoms with E-state index in [1.165, 1.54) is 12.8 Å². The van der Waals surface area contributed by atoms with E-state index in [0.29, 0.717) is 0 Å². The normalized spacial score (nSPS) is 10.9. The van der Waals surface area contributed by atoms with Gasteiger partial charge in [-0.3, -0.25) is 4.98 Å². The van der Waals surface area contributed by atoms with Crippen LogP contribution in [0.2, 0.25) is 0 Å². The van der Waals surface area contributed by atoms with Crippen molar-refractivity contribution in [3.8, 4) is 0 Å². The maximum Gasteiger partial charge on any atom is 0.404 e. The maximum absolute atomic E-state index is 10.1. The molecule has 1 amide bonds.